The Morgan fingerprint density at radius 1 is 1.16 bits per heavy atom. The Labute approximate surface area is 152 Å². The summed E-state index contributed by atoms with van der Waals surface area (Å²) in [6.07, 6.45) is 0.907. The third kappa shape index (κ3) is 3.87. The first-order chi connectivity index (χ1) is 12.0. The van der Waals surface area contributed by atoms with Crippen LogP contribution in [0.5, 0.6) is 0 Å². The number of hydrogen-bond acceptors (Lipinski definition) is 3. The summed E-state index contributed by atoms with van der Waals surface area (Å²) in [5, 5.41) is 2.57. The SMILES string of the molecule is CC(=O)Nc1ccc(S[C@H](C)C(=O)N2c3ccccc3C[C@@H]2C)cc1. The Bertz CT molecular complexity index is 789. The van der Waals surface area contributed by atoms with Crippen LogP contribution in [0.3, 0.4) is 0 Å². The van der Waals surface area contributed by atoms with Crippen LogP contribution in [0, 0.1) is 0 Å². The molecular weight excluding hydrogens is 332 g/mol. The number of anilines is 2. The quantitative estimate of drug-likeness (QED) is 0.841. The van der Waals surface area contributed by atoms with Crippen molar-refractivity contribution >= 4 is 35.0 Å². The smallest absolute Gasteiger partial charge is 0.240 e. The lowest BCUT2D eigenvalue weighted by atomic mass is 10.1. The van der Waals surface area contributed by atoms with E-state index in [1.54, 1.807) is 0 Å². The lowest BCUT2D eigenvalue weighted by Gasteiger charge is -2.26. The fourth-order valence-corrected chi connectivity index (χ4v) is 4.09. The van der Waals surface area contributed by atoms with Crippen LogP contribution in [0.1, 0.15) is 26.3 Å². The van der Waals surface area contributed by atoms with Gasteiger partial charge >= 0.3 is 0 Å². The molecule has 2 atom stereocenters. The summed E-state index contributed by atoms with van der Waals surface area (Å²) in [6, 6.07) is 15.9. The molecule has 0 radical (unpaired) electrons. The number of carbonyl (C=O) groups is 2. The van der Waals surface area contributed by atoms with Crippen molar-refractivity contribution in [3.8, 4) is 0 Å². The zero-order valence-corrected chi connectivity index (χ0v) is 15.5. The molecule has 1 N–H and O–H groups in total. The number of para-hydroxylation sites is 1. The molecule has 1 heterocycles. The summed E-state index contributed by atoms with van der Waals surface area (Å²) in [6.45, 7) is 5.53. The fourth-order valence-electron chi connectivity index (χ4n) is 3.17. The minimum absolute atomic E-state index is 0.0920. The zero-order chi connectivity index (χ0) is 18.0. The highest BCUT2D eigenvalue weighted by atomic mass is 32.2. The molecule has 130 valence electrons. The predicted molar refractivity (Wildman–Crippen MR) is 103 cm³/mol. The zero-order valence-electron chi connectivity index (χ0n) is 14.7. The maximum atomic E-state index is 13.0. The minimum atomic E-state index is -0.180. The van der Waals surface area contributed by atoms with Crippen molar-refractivity contribution in [2.45, 2.75) is 43.4 Å². The molecule has 0 fully saturated rings. The van der Waals surface area contributed by atoms with E-state index < -0.39 is 0 Å². The molecule has 2 amide bonds. The van der Waals surface area contributed by atoms with E-state index in [-0.39, 0.29) is 23.1 Å². The molecule has 5 heteroatoms. The van der Waals surface area contributed by atoms with Crippen molar-refractivity contribution < 1.29 is 9.59 Å². The van der Waals surface area contributed by atoms with Crippen LogP contribution in [0.25, 0.3) is 0 Å². The molecule has 4 nitrogen and oxygen atoms in total. The molecule has 0 unspecified atom stereocenters. The number of nitrogens with one attached hydrogen (secondary N) is 1. The lowest BCUT2D eigenvalue weighted by Crippen LogP contribution is -2.40. The number of carbonyl (C=O) groups excluding carboxylic acids is 2. The molecule has 1 aliphatic heterocycles. The van der Waals surface area contributed by atoms with Crippen LogP contribution in [-0.2, 0) is 16.0 Å². The summed E-state index contributed by atoms with van der Waals surface area (Å²) in [7, 11) is 0. The van der Waals surface area contributed by atoms with E-state index >= 15 is 0 Å². The highest BCUT2D eigenvalue weighted by molar-refractivity contribution is 8.00. The summed E-state index contributed by atoms with van der Waals surface area (Å²) in [5.74, 6) is 0.0408. The van der Waals surface area contributed by atoms with E-state index in [2.05, 4.69) is 18.3 Å². The second-order valence-corrected chi connectivity index (χ2v) is 7.77. The number of thioether (sulfide) groups is 1. The molecule has 0 aliphatic carbocycles. The number of fused-ring (bicyclic) bond motifs is 1. The van der Waals surface area contributed by atoms with Gasteiger partial charge in [0.05, 0.1) is 5.25 Å². The van der Waals surface area contributed by atoms with Gasteiger partial charge in [-0.2, -0.15) is 0 Å². The van der Waals surface area contributed by atoms with Gasteiger partial charge in [0.1, 0.15) is 0 Å². The first kappa shape index (κ1) is 17.5. The van der Waals surface area contributed by atoms with Gasteiger partial charge in [0, 0.05) is 29.2 Å². The molecule has 0 aromatic heterocycles. The molecule has 2 aromatic rings. The first-order valence-electron chi connectivity index (χ1n) is 8.41. The van der Waals surface area contributed by atoms with Gasteiger partial charge in [0.25, 0.3) is 0 Å². The average molecular weight is 354 g/mol. The van der Waals surface area contributed by atoms with Crippen molar-refractivity contribution in [3.05, 3.63) is 54.1 Å². The normalized spacial score (nSPS) is 17.1. The van der Waals surface area contributed by atoms with E-state index in [1.807, 2.05) is 54.3 Å². The van der Waals surface area contributed by atoms with Crippen molar-refractivity contribution in [3.63, 3.8) is 0 Å². The summed E-state index contributed by atoms with van der Waals surface area (Å²) in [4.78, 5) is 27.0. The van der Waals surface area contributed by atoms with E-state index in [9.17, 15) is 9.59 Å². The third-order valence-electron chi connectivity index (χ3n) is 4.28. The van der Waals surface area contributed by atoms with Gasteiger partial charge in [-0.05, 0) is 56.2 Å². The summed E-state index contributed by atoms with van der Waals surface area (Å²) >= 11 is 1.54. The van der Waals surface area contributed by atoms with E-state index in [4.69, 9.17) is 0 Å². The van der Waals surface area contributed by atoms with Gasteiger partial charge in [-0.15, -0.1) is 11.8 Å². The Morgan fingerprint density at radius 3 is 2.52 bits per heavy atom. The Balaban J connectivity index is 1.70. The molecule has 1 aliphatic rings. The Kier molecular flexibility index (Phi) is 5.13. The highest BCUT2D eigenvalue weighted by Gasteiger charge is 2.33. The van der Waals surface area contributed by atoms with Crippen LogP contribution >= 0.6 is 11.8 Å². The van der Waals surface area contributed by atoms with Crippen LogP contribution in [0.4, 0.5) is 11.4 Å². The average Bonchev–Trinajstić information content (AvgIpc) is 2.91. The number of rotatable bonds is 4. The number of hydrogen-bond donors (Lipinski definition) is 1. The van der Waals surface area contributed by atoms with Crippen molar-refractivity contribution in [1.82, 2.24) is 0 Å². The van der Waals surface area contributed by atoms with Gasteiger partial charge in [0.15, 0.2) is 0 Å². The molecule has 25 heavy (non-hydrogen) atoms. The summed E-state index contributed by atoms with van der Waals surface area (Å²) < 4.78 is 0. The van der Waals surface area contributed by atoms with E-state index in [0.717, 1.165) is 22.7 Å². The molecule has 3 rings (SSSR count). The number of amides is 2. The minimum Gasteiger partial charge on any atom is -0.326 e. The maximum Gasteiger partial charge on any atom is 0.240 e. The van der Waals surface area contributed by atoms with Crippen molar-refractivity contribution in [1.29, 1.82) is 0 Å². The molecule has 0 bridgehead atoms. The van der Waals surface area contributed by atoms with Crippen LogP contribution in [0.15, 0.2) is 53.4 Å². The highest BCUT2D eigenvalue weighted by Crippen LogP contribution is 2.35. The van der Waals surface area contributed by atoms with Gasteiger partial charge < -0.3 is 10.2 Å². The van der Waals surface area contributed by atoms with Gasteiger partial charge in [0.2, 0.25) is 11.8 Å². The predicted octanol–water partition coefficient (Wildman–Crippen LogP) is 4.10. The number of benzene rings is 2. The van der Waals surface area contributed by atoms with E-state index in [0.29, 0.717) is 0 Å². The van der Waals surface area contributed by atoms with Crippen LogP contribution in [0.2, 0.25) is 0 Å². The third-order valence-corrected chi connectivity index (χ3v) is 5.38. The topological polar surface area (TPSA) is 49.4 Å². The van der Waals surface area contributed by atoms with Crippen LogP contribution in [-0.4, -0.2) is 23.1 Å². The largest absolute Gasteiger partial charge is 0.326 e. The Morgan fingerprint density at radius 2 is 1.84 bits per heavy atom. The maximum absolute atomic E-state index is 13.0. The Hall–Kier alpha value is -2.27. The summed E-state index contributed by atoms with van der Waals surface area (Å²) in [5.41, 5.74) is 3.03. The first-order valence-corrected chi connectivity index (χ1v) is 9.29. The van der Waals surface area contributed by atoms with Gasteiger partial charge in [-0.25, -0.2) is 0 Å². The molecule has 0 saturated carbocycles. The molecular formula is C20H22N2O2S. The van der Waals surface area contributed by atoms with E-state index in [1.165, 1.54) is 24.2 Å². The van der Waals surface area contributed by atoms with Gasteiger partial charge in [-0.1, -0.05) is 18.2 Å². The monoisotopic (exact) mass is 354 g/mol. The molecule has 0 saturated heterocycles. The fraction of sp³-hybridized carbons (Fsp3) is 0.300. The second kappa shape index (κ2) is 7.31. The lowest BCUT2D eigenvalue weighted by molar-refractivity contribution is -0.118. The second-order valence-electron chi connectivity index (χ2n) is 6.36. The standard InChI is InChI=1S/C20H22N2O2S/c1-13-12-16-6-4-5-7-19(16)22(13)20(24)14(2)25-18-10-8-17(9-11-18)21-15(3)23/h4-11,13-14H,12H2,1-3H3,(H,21,23)/t13-,14+/m0/s1. The number of nitrogens with zero attached hydrogens (tertiary/aromatic N) is 1. The molecule has 0 spiro atoms. The van der Waals surface area contributed by atoms with Crippen molar-refractivity contribution in [2.24, 2.45) is 0 Å². The van der Waals surface area contributed by atoms with Crippen molar-refractivity contribution in [2.75, 3.05) is 10.2 Å². The molecule has 2 aromatic carbocycles. The van der Waals surface area contributed by atoms with Gasteiger partial charge in [-0.3, -0.25) is 9.59 Å². The van der Waals surface area contributed by atoms with Crippen LogP contribution < -0.4 is 10.2 Å².